The zero-order valence-corrected chi connectivity index (χ0v) is 8.21. The van der Waals surface area contributed by atoms with Crippen LogP contribution in [0.3, 0.4) is 0 Å². The van der Waals surface area contributed by atoms with Gasteiger partial charge in [-0.1, -0.05) is 13.8 Å². The summed E-state index contributed by atoms with van der Waals surface area (Å²) in [4.78, 5) is 0. The second kappa shape index (κ2) is 3.92. The fraction of sp³-hybridized carbons (Fsp3) is 1.00. The van der Waals surface area contributed by atoms with Crippen molar-refractivity contribution < 1.29 is 20.1 Å². The second-order valence-corrected chi connectivity index (χ2v) is 4.02. The third kappa shape index (κ3) is 2.02. The smallest absolute Gasteiger partial charge is 0.111 e. The maximum Gasteiger partial charge on any atom is 0.111 e. The van der Waals surface area contributed by atoms with Crippen molar-refractivity contribution in [2.75, 3.05) is 0 Å². The van der Waals surface area contributed by atoms with Crippen molar-refractivity contribution in [2.24, 2.45) is 5.92 Å². The molecule has 1 heterocycles. The summed E-state index contributed by atoms with van der Waals surface area (Å²) in [5.74, 6) is 0.125. The van der Waals surface area contributed by atoms with Gasteiger partial charge in [-0.25, -0.2) is 0 Å². The molecule has 13 heavy (non-hydrogen) atoms. The van der Waals surface area contributed by atoms with E-state index in [-0.39, 0.29) is 5.92 Å². The van der Waals surface area contributed by atoms with E-state index < -0.39 is 30.5 Å². The zero-order valence-electron chi connectivity index (χ0n) is 8.21. The van der Waals surface area contributed by atoms with E-state index in [1.807, 2.05) is 13.8 Å². The minimum Gasteiger partial charge on any atom is -0.388 e. The van der Waals surface area contributed by atoms with Crippen molar-refractivity contribution in [3.05, 3.63) is 0 Å². The molecular weight excluding hydrogens is 172 g/mol. The SMILES string of the molecule is CC(C)[C@@H]1O[C@@H](C)[C@H](O)[C@@H](O)[C@H]1O. The number of ether oxygens (including phenoxy) is 1. The van der Waals surface area contributed by atoms with E-state index in [2.05, 4.69) is 0 Å². The van der Waals surface area contributed by atoms with E-state index in [0.29, 0.717) is 0 Å². The van der Waals surface area contributed by atoms with Crippen molar-refractivity contribution in [3.8, 4) is 0 Å². The highest BCUT2D eigenvalue weighted by Crippen LogP contribution is 2.25. The van der Waals surface area contributed by atoms with E-state index in [9.17, 15) is 15.3 Å². The molecule has 0 saturated carbocycles. The van der Waals surface area contributed by atoms with Crippen molar-refractivity contribution >= 4 is 0 Å². The lowest BCUT2D eigenvalue weighted by molar-refractivity contribution is -0.226. The average molecular weight is 190 g/mol. The molecule has 5 atom stereocenters. The highest BCUT2D eigenvalue weighted by Gasteiger charge is 2.42. The van der Waals surface area contributed by atoms with Crippen LogP contribution in [0.5, 0.6) is 0 Å². The van der Waals surface area contributed by atoms with E-state index in [0.717, 1.165) is 0 Å². The predicted octanol–water partition coefficient (Wildman–Crippen LogP) is -0.488. The molecule has 0 bridgehead atoms. The first kappa shape index (κ1) is 10.9. The lowest BCUT2D eigenvalue weighted by Gasteiger charge is -2.41. The Bertz CT molecular complexity index is 171. The molecule has 0 aromatic rings. The summed E-state index contributed by atoms with van der Waals surface area (Å²) in [5, 5.41) is 28.4. The third-order valence-electron chi connectivity index (χ3n) is 2.55. The molecular formula is C9H18O4. The molecule has 0 unspecified atom stereocenters. The van der Waals surface area contributed by atoms with Crippen molar-refractivity contribution in [1.82, 2.24) is 0 Å². The number of aliphatic hydroxyl groups is 3. The second-order valence-electron chi connectivity index (χ2n) is 4.02. The molecule has 0 aliphatic carbocycles. The molecule has 0 radical (unpaired) electrons. The average Bonchev–Trinajstić information content (AvgIpc) is 2.07. The third-order valence-corrected chi connectivity index (χ3v) is 2.55. The van der Waals surface area contributed by atoms with Gasteiger partial charge in [-0.05, 0) is 12.8 Å². The molecule has 0 aromatic carbocycles. The van der Waals surface area contributed by atoms with E-state index in [1.165, 1.54) is 0 Å². The number of hydrogen-bond acceptors (Lipinski definition) is 4. The maximum absolute atomic E-state index is 9.56. The van der Waals surface area contributed by atoms with Gasteiger partial charge >= 0.3 is 0 Å². The van der Waals surface area contributed by atoms with Gasteiger partial charge in [-0.2, -0.15) is 0 Å². The van der Waals surface area contributed by atoms with Crippen LogP contribution in [-0.4, -0.2) is 45.8 Å². The van der Waals surface area contributed by atoms with Crippen LogP contribution in [0.4, 0.5) is 0 Å². The maximum atomic E-state index is 9.56. The number of rotatable bonds is 1. The largest absolute Gasteiger partial charge is 0.388 e. The van der Waals surface area contributed by atoms with Gasteiger partial charge in [-0.15, -0.1) is 0 Å². The standard InChI is InChI=1S/C9H18O4/c1-4(2)9-8(12)7(11)6(10)5(3)13-9/h4-12H,1-3H3/t5-,6-,7+,8+,9-/m0/s1. The quantitative estimate of drug-likeness (QED) is 0.522. The minimum absolute atomic E-state index is 0.125. The normalized spacial score (nSPS) is 46.8. The summed E-state index contributed by atoms with van der Waals surface area (Å²) in [7, 11) is 0. The van der Waals surface area contributed by atoms with Gasteiger partial charge in [-0.3, -0.25) is 0 Å². The molecule has 0 amide bonds. The highest BCUT2D eigenvalue weighted by molar-refractivity contribution is 4.91. The van der Waals surface area contributed by atoms with Gasteiger partial charge in [0.1, 0.15) is 18.3 Å². The molecule has 1 aliphatic rings. The molecule has 78 valence electrons. The zero-order chi connectivity index (χ0) is 10.2. The van der Waals surface area contributed by atoms with Gasteiger partial charge in [0.2, 0.25) is 0 Å². The minimum atomic E-state index is -1.10. The molecule has 4 nitrogen and oxygen atoms in total. The first-order valence-corrected chi connectivity index (χ1v) is 4.64. The summed E-state index contributed by atoms with van der Waals surface area (Å²) >= 11 is 0. The Morgan fingerprint density at radius 2 is 1.54 bits per heavy atom. The van der Waals surface area contributed by atoms with E-state index >= 15 is 0 Å². The molecule has 0 aromatic heterocycles. The van der Waals surface area contributed by atoms with Gasteiger partial charge < -0.3 is 20.1 Å². The summed E-state index contributed by atoms with van der Waals surface area (Å²) < 4.78 is 5.38. The summed E-state index contributed by atoms with van der Waals surface area (Å²) in [6, 6.07) is 0. The molecule has 1 saturated heterocycles. The molecule has 1 fully saturated rings. The van der Waals surface area contributed by atoms with Gasteiger partial charge in [0.05, 0.1) is 12.2 Å². The lowest BCUT2D eigenvalue weighted by Crippen LogP contribution is -2.57. The van der Waals surface area contributed by atoms with E-state index in [4.69, 9.17) is 4.74 Å². The van der Waals surface area contributed by atoms with Crippen molar-refractivity contribution in [3.63, 3.8) is 0 Å². The molecule has 3 N–H and O–H groups in total. The van der Waals surface area contributed by atoms with Crippen LogP contribution in [0.1, 0.15) is 20.8 Å². The van der Waals surface area contributed by atoms with E-state index in [1.54, 1.807) is 6.92 Å². The van der Waals surface area contributed by atoms with Crippen LogP contribution in [0.15, 0.2) is 0 Å². The Labute approximate surface area is 78.1 Å². The monoisotopic (exact) mass is 190 g/mol. The Morgan fingerprint density at radius 3 is 2.00 bits per heavy atom. The topological polar surface area (TPSA) is 69.9 Å². The fourth-order valence-electron chi connectivity index (χ4n) is 1.63. The van der Waals surface area contributed by atoms with Crippen LogP contribution in [0.2, 0.25) is 0 Å². The predicted molar refractivity (Wildman–Crippen MR) is 47.2 cm³/mol. The fourth-order valence-corrected chi connectivity index (χ4v) is 1.63. The van der Waals surface area contributed by atoms with Crippen LogP contribution in [0, 0.1) is 5.92 Å². The number of hydrogen-bond donors (Lipinski definition) is 3. The van der Waals surface area contributed by atoms with Crippen LogP contribution in [-0.2, 0) is 4.74 Å². The van der Waals surface area contributed by atoms with Crippen LogP contribution >= 0.6 is 0 Å². The first-order valence-electron chi connectivity index (χ1n) is 4.64. The molecule has 4 heteroatoms. The lowest BCUT2D eigenvalue weighted by atomic mass is 9.90. The van der Waals surface area contributed by atoms with Crippen LogP contribution in [0.25, 0.3) is 0 Å². The van der Waals surface area contributed by atoms with Gasteiger partial charge in [0.15, 0.2) is 0 Å². The highest BCUT2D eigenvalue weighted by atomic mass is 16.5. The Balaban J connectivity index is 2.70. The Morgan fingerprint density at radius 1 is 1.00 bits per heavy atom. The van der Waals surface area contributed by atoms with Gasteiger partial charge in [0, 0.05) is 0 Å². The van der Waals surface area contributed by atoms with Crippen molar-refractivity contribution in [2.45, 2.75) is 51.3 Å². The Hall–Kier alpha value is -0.160. The summed E-state index contributed by atoms with van der Waals surface area (Å²) in [6.45, 7) is 5.51. The Kier molecular flexibility index (Phi) is 3.29. The molecule has 1 rings (SSSR count). The van der Waals surface area contributed by atoms with Gasteiger partial charge in [0.25, 0.3) is 0 Å². The first-order chi connectivity index (χ1) is 5.95. The summed E-state index contributed by atoms with van der Waals surface area (Å²) in [5.41, 5.74) is 0. The summed E-state index contributed by atoms with van der Waals surface area (Å²) in [6.07, 6.45) is -3.91. The van der Waals surface area contributed by atoms with Crippen molar-refractivity contribution in [1.29, 1.82) is 0 Å². The number of aliphatic hydroxyl groups excluding tert-OH is 3. The molecule has 0 spiro atoms. The molecule has 1 aliphatic heterocycles. The van der Waals surface area contributed by atoms with Crippen LogP contribution < -0.4 is 0 Å².